The molecule has 2 aliphatic rings. The van der Waals surface area contributed by atoms with Crippen molar-refractivity contribution < 1.29 is 14.0 Å². The van der Waals surface area contributed by atoms with Gasteiger partial charge in [-0.3, -0.25) is 5.10 Å². The maximum Gasteiger partial charge on any atom is 0.498 e. The molecular weight excluding hydrogens is 429 g/mol. The molecule has 1 saturated heterocycles. The van der Waals surface area contributed by atoms with Crippen LogP contribution in [0.2, 0.25) is 0 Å². The molecule has 3 heterocycles. The summed E-state index contributed by atoms with van der Waals surface area (Å²) in [7, 11) is 1.15. The van der Waals surface area contributed by atoms with Crippen LogP contribution in [-0.2, 0) is 9.31 Å². The van der Waals surface area contributed by atoms with Crippen molar-refractivity contribution in [2.75, 3.05) is 12.8 Å². The maximum atomic E-state index is 6.55. The number of nitrogens with one attached hydrogen (secondary N) is 1. The molecule has 8 nitrogen and oxygen atoms in total. The molecule has 1 saturated carbocycles. The number of aromatic amines is 1. The predicted molar refractivity (Wildman–Crippen MR) is 132 cm³/mol. The summed E-state index contributed by atoms with van der Waals surface area (Å²) in [5.41, 5.74) is 11.3. The van der Waals surface area contributed by atoms with Crippen molar-refractivity contribution in [1.82, 2.24) is 20.4 Å². The molecule has 0 spiro atoms. The summed E-state index contributed by atoms with van der Waals surface area (Å²) in [6.45, 7) is 4.30. The van der Waals surface area contributed by atoms with E-state index < -0.39 is 7.12 Å². The first-order valence-corrected chi connectivity index (χ1v) is 11.5. The minimum absolute atomic E-state index is 0.320. The van der Waals surface area contributed by atoms with Crippen LogP contribution < -0.4 is 15.9 Å². The first kappa shape index (κ1) is 21.1. The zero-order valence-corrected chi connectivity index (χ0v) is 19.5. The monoisotopic (exact) mass is 455 g/mol. The second-order valence-corrected chi connectivity index (χ2v) is 9.51. The van der Waals surface area contributed by atoms with E-state index in [0.717, 1.165) is 58.0 Å². The Morgan fingerprint density at radius 1 is 1.06 bits per heavy atom. The van der Waals surface area contributed by atoms with Gasteiger partial charge in [-0.15, -0.1) is 0 Å². The lowest BCUT2D eigenvalue weighted by molar-refractivity contribution is 0.00578. The number of methoxy groups -OCH3 is 1. The van der Waals surface area contributed by atoms with Crippen molar-refractivity contribution in [3.05, 3.63) is 48.8 Å². The van der Waals surface area contributed by atoms with Crippen LogP contribution in [0.4, 0.5) is 5.69 Å². The van der Waals surface area contributed by atoms with Crippen LogP contribution >= 0.6 is 0 Å². The van der Waals surface area contributed by atoms with Gasteiger partial charge in [-0.05, 0) is 68.5 Å². The molecule has 0 amide bonds. The lowest BCUT2D eigenvalue weighted by atomic mass is 9.75. The molecule has 34 heavy (non-hydrogen) atoms. The Balaban J connectivity index is 1.53. The number of hydrogen-bond donors (Lipinski definition) is 2. The number of ether oxygens (including phenoxy) is 1. The van der Waals surface area contributed by atoms with Crippen molar-refractivity contribution in [3.63, 3.8) is 0 Å². The fraction of sp³-hybridized carbons (Fsp3) is 0.320. The standard InChI is InChI=1S/C25H26BN5O3/c1-24-8-4-9-25(24,2)34-26(33-24)19-12-17(18(13-23(19)32-3)21-7-10-28-30-21)15-5-6-16-20(27)14-29-31-22(16)11-15/h5-7,10-14H,4,8-9H2,1-3H3,(H2,27,31)(H,28,30)/t24-,25+. The first-order valence-electron chi connectivity index (χ1n) is 11.5. The van der Waals surface area contributed by atoms with Crippen LogP contribution in [0.5, 0.6) is 5.75 Å². The highest BCUT2D eigenvalue weighted by atomic mass is 16.7. The molecule has 2 aromatic heterocycles. The van der Waals surface area contributed by atoms with Gasteiger partial charge in [0.25, 0.3) is 0 Å². The van der Waals surface area contributed by atoms with Gasteiger partial charge in [0, 0.05) is 22.6 Å². The molecule has 0 radical (unpaired) electrons. The fourth-order valence-corrected chi connectivity index (χ4v) is 5.35. The number of anilines is 1. The molecular formula is C25H26BN5O3. The number of nitrogens with zero attached hydrogens (tertiary/aromatic N) is 3. The Morgan fingerprint density at radius 2 is 1.85 bits per heavy atom. The fourth-order valence-electron chi connectivity index (χ4n) is 5.35. The third-order valence-corrected chi connectivity index (χ3v) is 7.54. The van der Waals surface area contributed by atoms with E-state index in [2.05, 4.69) is 40.3 Å². The molecule has 172 valence electrons. The Bertz CT molecular complexity index is 1380. The molecule has 2 aromatic carbocycles. The van der Waals surface area contributed by atoms with Crippen molar-refractivity contribution in [2.24, 2.45) is 0 Å². The lowest BCUT2D eigenvalue weighted by Gasteiger charge is -2.32. The van der Waals surface area contributed by atoms with Crippen molar-refractivity contribution in [3.8, 4) is 28.1 Å². The normalized spacial score (nSPS) is 24.0. The van der Waals surface area contributed by atoms with Crippen molar-refractivity contribution in [2.45, 2.75) is 44.3 Å². The average molecular weight is 455 g/mol. The van der Waals surface area contributed by atoms with E-state index in [1.807, 2.05) is 30.3 Å². The molecule has 1 aliphatic heterocycles. The van der Waals surface area contributed by atoms with E-state index in [-0.39, 0.29) is 11.2 Å². The number of benzene rings is 2. The van der Waals surface area contributed by atoms with Crippen LogP contribution in [0.1, 0.15) is 33.1 Å². The Hall–Kier alpha value is -3.43. The molecule has 1 aliphatic carbocycles. The molecule has 2 fully saturated rings. The van der Waals surface area contributed by atoms with E-state index >= 15 is 0 Å². The van der Waals surface area contributed by atoms with E-state index in [1.165, 1.54) is 0 Å². The predicted octanol–water partition coefficient (Wildman–Crippen LogP) is 3.72. The van der Waals surface area contributed by atoms with Crippen LogP contribution in [0.15, 0.2) is 48.8 Å². The molecule has 9 heteroatoms. The largest absolute Gasteiger partial charge is 0.498 e. The minimum Gasteiger partial charge on any atom is -0.497 e. The number of fused-ring (bicyclic) bond motifs is 2. The van der Waals surface area contributed by atoms with Gasteiger partial charge in [0.1, 0.15) is 5.75 Å². The summed E-state index contributed by atoms with van der Waals surface area (Å²) in [5.74, 6) is 0.698. The third-order valence-electron chi connectivity index (χ3n) is 7.54. The van der Waals surface area contributed by atoms with Gasteiger partial charge in [-0.1, -0.05) is 12.1 Å². The highest BCUT2D eigenvalue weighted by Crippen LogP contribution is 2.49. The van der Waals surface area contributed by atoms with Crippen molar-refractivity contribution in [1.29, 1.82) is 0 Å². The summed E-state index contributed by atoms with van der Waals surface area (Å²) < 4.78 is 18.9. The quantitative estimate of drug-likeness (QED) is 0.452. The zero-order valence-electron chi connectivity index (χ0n) is 19.5. The molecule has 6 rings (SSSR count). The molecule has 0 unspecified atom stereocenters. The zero-order chi connectivity index (χ0) is 23.5. The van der Waals surface area contributed by atoms with E-state index in [1.54, 1.807) is 19.5 Å². The Kier molecular flexibility index (Phi) is 4.69. The smallest absolute Gasteiger partial charge is 0.497 e. The van der Waals surface area contributed by atoms with Gasteiger partial charge in [0.05, 0.1) is 41.4 Å². The highest BCUT2D eigenvalue weighted by Gasteiger charge is 2.60. The van der Waals surface area contributed by atoms with Gasteiger partial charge >= 0.3 is 7.12 Å². The third kappa shape index (κ3) is 3.11. The average Bonchev–Trinajstić information content (AvgIpc) is 3.52. The molecule has 4 aromatic rings. The second-order valence-electron chi connectivity index (χ2n) is 9.51. The highest BCUT2D eigenvalue weighted by molar-refractivity contribution is 6.63. The number of hydrogen-bond acceptors (Lipinski definition) is 7. The van der Waals surface area contributed by atoms with Crippen molar-refractivity contribution >= 4 is 29.2 Å². The number of H-pyrrole nitrogens is 1. The number of nitrogen functional groups attached to an aromatic ring is 1. The van der Waals surface area contributed by atoms with E-state index in [0.29, 0.717) is 11.4 Å². The molecule has 2 atom stereocenters. The summed E-state index contributed by atoms with van der Waals surface area (Å²) in [5, 5.41) is 16.5. The van der Waals surface area contributed by atoms with Gasteiger partial charge in [0.2, 0.25) is 0 Å². The van der Waals surface area contributed by atoms with Gasteiger partial charge < -0.3 is 19.8 Å². The Labute approximate surface area is 198 Å². The summed E-state index contributed by atoms with van der Waals surface area (Å²) in [6.07, 6.45) is 6.42. The number of rotatable bonds is 4. The van der Waals surface area contributed by atoms with E-state index in [9.17, 15) is 0 Å². The summed E-state index contributed by atoms with van der Waals surface area (Å²) in [6, 6.07) is 12.0. The maximum absolute atomic E-state index is 6.55. The van der Waals surface area contributed by atoms with Crippen LogP contribution in [0, 0.1) is 0 Å². The SMILES string of the molecule is COc1cc(-c2cc[nH]n2)c(-c2ccc3c(N)cnnc3c2)cc1B1O[C@]2(C)CCC[C@]2(C)O1. The van der Waals surface area contributed by atoms with Crippen LogP contribution in [0.25, 0.3) is 33.3 Å². The van der Waals surface area contributed by atoms with E-state index in [4.69, 9.17) is 19.8 Å². The summed E-state index contributed by atoms with van der Waals surface area (Å²) in [4.78, 5) is 0. The second kappa shape index (κ2) is 7.54. The van der Waals surface area contributed by atoms with Gasteiger partial charge in [0.15, 0.2) is 0 Å². The summed E-state index contributed by atoms with van der Waals surface area (Å²) >= 11 is 0. The molecule has 3 N–H and O–H groups in total. The van der Waals surface area contributed by atoms with Gasteiger partial charge in [-0.25, -0.2) is 0 Å². The topological polar surface area (TPSA) is 108 Å². The Morgan fingerprint density at radius 3 is 2.56 bits per heavy atom. The van der Waals surface area contributed by atoms with Gasteiger partial charge in [-0.2, -0.15) is 15.3 Å². The number of nitrogens with two attached hydrogens (primary N) is 1. The molecule has 0 bridgehead atoms. The van der Waals surface area contributed by atoms with Crippen LogP contribution in [-0.4, -0.2) is 45.8 Å². The van der Waals surface area contributed by atoms with Crippen LogP contribution in [0.3, 0.4) is 0 Å². The minimum atomic E-state index is -0.520. The number of aromatic nitrogens is 4. The first-order chi connectivity index (χ1) is 16.4. The lowest BCUT2D eigenvalue weighted by Crippen LogP contribution is -2.41.